The molecule has 0 bridgehead atoms. The van der Waals surface area contributed by atoms with Crippen molar-refractivity contribution < 1.29 is 0 Å². The fraction of sp³-hybridized carbons (Fsp3) is 0.0667. The SMILES string of the molecule is [O-][N+]1(c2ccccc2)C=CCN(c2ccccc2)N1. The quantitative estimate of drug-likeness (QED) is 0.660. The van der Waals surface area contributed by atoms with Gasteiger partial charge in [0.1, 0.15) is 6.20 Å². The van der Waals surface area contributed by atoms with Crippen LogP contribution in [0.2, 0.25) is 0 Å². The van der Waals surface area contributed by atoms with Gasteiger partial charge in [-0.05, 0) is 18.2 Å². The zero-order chi connectivity index (χ0) is 13.1. The normalized spacial score (nSPS) is 22.5. The van der Waals surface area contributed by atoms with E-state index in [4.69, 9.17) is 0 Å². The van der Waals surface area contributed by atoms with Gasteiger partial charge in [-0.3, -0.25) is 5.01 Å². The Bertz CT molecular complexity index is 570. The van der Waals surface area contributed by atoms with Crippen molar-refractivity contribution in [3.63, 3.8) is 0 Å². The van der Waals surface area contributed by atoms with Crippen LogP contribution in [0.15, 0.2) is 72.9 Å². The Balaban J connectivity index is 1.90. The number of rotatable bonds is 2. The standard InChI is InChI=1S/C15H15N3O/c19-18(15-10-5-2-6-11-15)13-7-12-17(16-18)14-8-3-1-4-9-14/h1-11,13,16H,12H2. The number of nitrogens with zero attached hydrogens (tertiary/aromatic N) is 2. The van der Waals surface area contributed by atoms with E-state index in [1.807, 2.05) is 71.7 Å². The van der Waals surface area contributed by atoms with Crippen LogP contribution in [0.5, 0.6) is 0 Å². The molecule has 1 N–H and O–H groups in total. The van der Waals surface area contributed by atoms with E-state index in [1.54, 1.807) is 6.20 Å². The Morgan fingerprint density at radius 2 is 1.58 bits per heavy atom. The van der Waals surface area contributed by atoms with Crippen LogP contribution in [0, 0.1) is 5.21 Å². The van der Waals surface area contributed by atoms with Crippen molar-refractivity contribution in [2.45, 2.75) is 0 Å². The maximum atomic E-state index is 12.8. The summed E-state index contributed by atoms with van der Waals surface area (Å²) in [6, 6.07) is 19.1. The van der Waals surface area contributed by atoms with Crippen molar-refractivity contribution in [1.29, 1.82) is 0 Å². The minimum Gasteiger partial charge on any atom is -0.600 e. The minimum absolute atomic E-state index is 0.652. The maximum absolute atomic E-state index is 12.8. The predicted octanol–water partition coefficient (Wildman–Crippen LogP) is 2.95. The molecule has 1 unspecified atom stereocenters. The summed E-state index contributed by atoms with van der Waals surface area (Å²) in [4.78, 5) is 0. The fourth-order valence-corrected chi connectivity index (χ4v) is 2.12. The van der Waals surface area contributed by atoms with Crippen LogP contribution < -0.4 is 15.3 Å². The van der Waals surface area contributed by atoms with Crippen molar-refractivity contribution in [3.8, 4) is 0 Å². The first-order valence-corrected chi connectivity index (χ1v) is 6.21. The summed E-state index contributed by atoms with van der Waals surface area (Å²) >= 11 is 0. The summed E-state index contributed by atoms with van der Waals surface area (Å²) in [6.45, 7) is 0.666. The molecule has 4 nitrogen and oxygen atoms in total. The number of hydrazine groups is 1. The largest absolute Gasteiger partial charge is 0.600 e. The van der Waals surface area contributed by atoms with Gasteiger partial charge >= 0.3 is 0 Å². The second-order valence-electron chi connectivity index (χ2n) is 4.42. The summed E-state index contributed by atoms with van der Waals surface area (Å²) in [5.74, 6) is 0. The maximum Gasteiger partial charge on any atom is 0.158 e. The number of hydrogen-bond acceptors (Lipinski definition) is 3. The summed E-state index contributed by atoms with van der Waals surface area (Å²) in [5.41, 5.74) is 4.62. The van der Waals surface area contributed by atoms with Gasteiger partial charge in [-0.15, -0.1) is 0 Å². The zero-order valence-corrected chi connectivity index (χ0v) is 10.4. The van der Waals surface area contributed by atoms with Crippen molar-refractivity contribution >= 4 is 11.4 Å². The lowest BCUT2D eigenvalue weighted by Gasteiger charge is -2.44. The Hall–Kier alpha value is -2.14. The molecule has 96 valence electrons. The fourth-order valence-electron chi connectivity index (χ4n) is 2.12. The summed E-state index contributed by atoms with van der Waals surface area (Å²) < 4.78 is -0.685. The smallest absolute Gasteiger partial charge is 0.158 e. The van der Waals surface area contributed by atoms with Gasteiger partial charge in [-0.1, -0.05) is 41.9 Å². The highest BCUT2D eigenvalue weighted by Gasteiger charge is 2.24. The van der Waals surface area contributed by atoms with Crippen LogP contribution in [0.4, 0.5) is 11.4 Å². The van der Waals surface area contributed by atoms with Crippen molar-refractivity contribution in [2.75, 3.05) is 11.6 Å². The average molecular weight is 253 g/mol. The second kappa shape index (κ2) is 4.85. The molecular weight excluding hydrogens is 238 g/mol. The minimum atomic E-state index is -0.685. The van der Waals surface area contributed by atoms with Crippen molar-refractivity contribution in [3.05, 3.63) is 78.1 Å². The summed E-state index contributed by atoms with van der Waals surface area (Å²) in [5, 5.41) is 14.7. The molecule has 1 atom stereocenters. The number of anilines is 1. The van der Waals surface area contributed by atoms with E-state index in [9.17, 15) is 5.21 Å². The van der Waals surface area contributed by atoms with Crippen molar-refractivity contribution in [2.24, 2.45) is 0 Å². The first-order valence-electron chi connectivity index (χ1n) is 6.21. The molecular formula is C15H15N3O. The van der Waals surface area contributed by atoms with Gasteiger partial charge < -0.3 is 5.21 Å². The van der Waals surface area contributed by atoms with Crippen LogP contribution in [-0.4, -0.2) is 6.54 Å². The molecule has 0 fully saturated rings. The van der Waals surface area contributed by atoms with Gasteiger partial charge in [0, 0.05) is 12.1 Å². The monoisotopic (exact) mass is 253 g/mol. The first kappa shape index (κ1) is 11.9. The number of benzene rings is 2. The third-order valence-corrected chi connectivity index (χ3v) is 3.08. The average Bonchev–Trinajstić information content (AvgIpc) is 2.49. The molecule has 0 amide bonds. The Labute approximate surface area is 112 Å². The van der Waals surface area contributed by atoms with Gasteiger partial charge in [-0.25, -0.2) is 4.76 Å². The van der Waals surface area contributed by atoms with E-state index in [0.29, 0.717) is 12.2 Å². The second-order valence-corrected chi connectivity index (χ2v) is 4.42. The summed E-state index contributed by atoms with van der Waals surface area (Å²) in [7, 11) is 0. The highest BCUT2D eigenvalue weighted by molar-refractivity contribution is 5.51. The summed E-state index contributed by atoms with van der Waals surface area (Å²) in [6.07, 6.45) is 3.50. The number of quaternary nitrogens is 1. The van der Waals surface area contributed by atoms with Crippen LogP contribution in [0.1, 0.15) is 0 Å². The van der Waals surface area contributed by atoms with E-state index in [1.165, 1.54) is 0 Å². The van der Waals surface area contributed by atoms with Gasteiger partial charge in [-0.2, -0.15) is 0 Å². The van der Waals surface area contributed by atoms with Crippen LogP contribution >= 0.6 is 0 Å². The number of hydroxylamine groups is 1. The van der Waals surface area contributed by atoms with E-state index in [0.717, 1.165) is 5.69 Å². The topological polar surface area (TPSA) is 38.3 Å². The lowest BCUT2D eigenvalue weighted by Crippen LogP contribution is -2.61. The molecule has 0 saturated heterocycles. The Kier molecular flexibility index (Phi) is 3.05. The van der Waals surface area contributed by atoms with E-state index >= 15 is 0 Å². The lowest BCUT2D eigenvalue weighted by atomic mass is 10.3. The molecule has 1 aliphatic rings. The molecule has 19 heavy (non-hydrogen) atoms. The molecule has 0 aromatic heterocycles. The number of nitrogens with one attached hydrogen (secondary N) is 1. The van der Waals surface area contributed by atoms with E-state index in [2.05, 4.69) is 5.53 Å². The molecule has 1 aliphatic heterocycles. The number of hydrogen-bond donors (Lipinski definition) is 1. The van der Waals surface area contributed by atoms with Gasteiger partial charge in [0.2, 0.25) is 0 Å². The Morgan fingerprint density at radius 1 is 0.947 bits per heavy atom. The zero-order valence-electron chi connectivity index (χ0n) is 10.4. The van der Waals surface area contributed by atoms with Crippen molar-refractivity contribution in [1.82, 2.24) is 10.3 Å². The Morgan fingerprint density at radius 3 is 2.26 bits per heavy atom. The van der Waals surface area contributed by atoms with Gasteiger partial charge in [0.25, 0.3) is 0 Å². The molecule has 0 radical (unpaired) electrons. The molecule has 2 aromatic rings. The molecule has 0 saturated carbocycles. The molecule has 1 heterocycles. The van der Waals surface area contributed by atoms with Crippen LogP contribution in [0.25, 0.3) is 0 Å². The van der Waals surface area contributed by atoms with Gasteiger partial charge in [0.15, 0.2) is 5.69 Å². The van der Waals surface area contributed by atoms with Crippen LogP contribution in [-0.2, 0) is 0 Å². The molecule has 4 heteroatoms. The molecule has 0 spiro atoms. The highest BCUT2D eigenvalue weighted by Crippen LogP contribution is 2.24. The number of para-hydroxylation sites is 2. The van der Waals surface area contributed by atoms with Gasteiger partial charge in [0.05, 0.1) is 12.2 Å². The molecule has 2 aromatic carbocycles. The third-order valence-electron chi connectivity index (χ3n) is 3.08. The van der Waals surface area contributed by atoms with E-state index in [-0.39, 0.29) is 0 Å². The predicted molar refractivity (Wildman–Crippen MR) is 77.7 cm³/mol. The third kappa shape index (κ3) is 2.37. The first-order chi connectivity index (χ1) is 9.28. The molecule has 0 aliphatic carbocycles. The lowest BCUT2D eigenvalue weighted by molar-refractivity contribution is 0.333. The van der Waals surface area contributed by atoms with E-state index < -0.39 is 4.76 Å². The highest BCUT2D eigenvalue weighted by atomic mass is 16.6. The van der Waals surface area contributed by atoms with Crippen LogP contribution in [0.3, 0.4) is 0 Å². The molecule has 3 rings (SSSR count).